The lowest BCUT2D eigenvalue weighted by atomic mass is 9.87. The monoisotopic (exact) mass is 356 g/mol. The van der Waals surface area contributed by atoms with Gasteiger partial charge in [-0.3, -0.25) is 10.1 Å². The van der Waals surface area contributed by atoms with E-state index in [2.05, 4.69) is 28.9 Å². The van der Waals surface area contributed by atoms with Crippen LogP contribution in [0.15, 0.2) is 17.3 Å². The van der Waals surface area contributed by atoms with E-state index in [0.29, 0.717) is 18.9 Å². The molecule has 1 fully saturated rings. The van der Waals surface area contributed by atoms with Gasteiger partial charge in [0.25, 0.3) is 0 Å². The number of oxime groups is 1. The Morgan fingerprint density at radius 2 is 2.15 bits per heavy atom. The lowest BCUT2D eigenvalue weighted by molar-refractivity contribution is -0.384. The number of hydrogen-bond acceptors (Lipinski definition) is 6. The molecule has 0 atom stereocenters. The lowest BCUT2D eigenvalue weighted by Gasteiger charge is -2.37. The minimum atomic E-state index is -0.370. The Kier molecular flexibility index (Phi) is 5.40. The third kappa shape index (κ3) is 3.96. The minimum Gasteiger partial charge on any atom is -0.388 e. The topological polar surface area (TPSA) is 80.9 Å². The molecule has 0 aliphatic carbocycles. The molecule has 2 aliphatic rings. The van der Waals surface area contributed by atoms with Gasteiger partial charge < -0.3 is 9.74 Å². The van der Waals surface area contributed by atoms with Crippen molar-refractivity contribution in [2.24, 2.45) is 5.16 Å². The van der Waals surface area contributed by atoms with Gasteiger partial charge in [0, 0.05) is 50.5 Å². The van der Waals surface area contributed by atoms with Gasteiger partial charge in [-0.05, 0) is 25.3 Å². The van der Waals surface area contributed by atoms with Gasteiger partial charge >= 0.3 is 5.69 Å². The highest BCUT2D eigenvalue weighted by Gasteiger charge is 2.42. The van der Waals surface area contributed by atoms with E-state index in [1.165, 1.54) is 6.07 Å². The molecule has 7 nitrogen and oxygen atoms in total. The summed E-state index contributed by atoms with van der Waals surface area (Å²) < 4.78 is 0. The summed E-state index contributed by atoms with van der Waals surface area (Å²) in [6.45, 7) is 5.30. The summed E-state index contributed by atoms with van der Waals surface area (Å²) in [4.78, 5) is 23.0. The number of anilines is 1. The van der Waals surface area contributed by atoms with Gasteiger partial charge in [0.05, 0.1) is 4.92 Å². The highest BCUT2D eigenvalue weighted by molar-refractivity contribution is 6.01. The SMILES string of the molecule is CCCCC#CC1=NOC2(CCN(c3nc(C)ccc3[N+](=O)[O-])CC2)C1. The molecule has 1 saturated heterocycles. The van der Waals surface area contributed by atoms with Crippen molar-refractivity contribution in [1.29, 1.82) is 0 Å². The van der Waals surface area contributed by atoms with E-state index in [9.17, 15) is 10.1 Å². The van der Waals surface area contributed by atoms with Gasteiger partial charge in [-0.1, -0.05) is 24.4 Å². The molecule has 1 aromatic rings. The predicted octanol–water partition coefficient (Wildman–Crippen LogP) is 3.61. The zero-order valence-electron chi connectivity index (χ0n) is 15.3. The molecular formula is C19H24N4O3. The van der Waals surface area contributed by atoms with Crippen molar-refractivity contribution in [1.82, 2.24) is 4.98 Å². The number of aryl methyl sites for hydroxylation is 1. The van der Waals surface area contributed by atoms with Crippen LogP contribution in [0.2, 0.25) is 0 Å². The number of hydrogen-bond donors (Lipinski definition) is 0. The zero-order chi connectivity index (χ0) is 18.6. The maximum absolute atomic E-state index is 11.3. The Labute approximate surface area is 153 Å². The summed E-state index contributed by atoms with van der Waals surface area (Å²) in [7, 11) is 0. The van der Waals surface area contributed by atoms with E-state index >= 15 is 0 Å². The van der Waals surface area contributed by atoms with Crippen LogP contribution in [0.4, 0.5) is 11.5 Å². The molecule has 0 N–H and O–H groups in total. The van der Waals surface area contributed by atoms with Crippen molar-refractivity contribution in [3.63, 3.8) is 0 Å². The normalized spacial score (nSPS) is 18.1. The van der Waals surface area contributed by atoms with Crippen LogP contribution >= 0.6 is 0 Å². The summed E-state index contributed by atoms with van der Waals surface area (Å²) in [6, 6.07) is 3.20. The average Bonchev–Trinajstić information content (AvgIpc) is 3.02. The maximum Gasteiger partial charge on any atom is 0.311 e. The molecule has 7 heteroatoms. The number of pyridine rings is 1. The first-order valence-electron chi connectivity index (χ1n) is 9.14. The van der Waals surface area contributed by atoms with E-state index in [1.807, 2.05) is 11.8 Å². The van der Waals surface area contributed by atoms with E-state index in [0.717, 1.165) is 49.9 Å². The largest absolute Gasteiger partial charge is 0.388 e. The molecule has 138 valence electrons. The second kappa shape index (κ2) is 7.73. The minimum absolute atomic E-state index is 0.0534. The summed E-state index contributed by atoms with van der Waals surface area (Å²) >= 11 is 0. The molecule has 0 aromatic carbocycles. The first kappa shape index (κ1) is 18.2. The quantitative estimate of drug-likeness (QED) is 0.356. The highest BCUT2D eigenvalue weighted by Crippen LogP contribution is 2.37. The number of nitrogens with zero attached hydrogens (tertiary/aromatic N) is 4. The van der Waals surface area contributed by atoms with E-state index in [1.54, 1.807) is 6.07 Å². The molecule has 0 radical (unpaired) electrons. The van der Waals surface area contributed by atoms with Crippen molar-refractivity contribution < 1.29 is 9.76 Å². The van der Waals surface area contributed by atoms with Crippen molar-refractivity contribution in [3.8, 4) is 11.8 Å². The first-order chi connectivity index (χ1) is 12.5. The standard InChI is InChI=1S/C19H24N4O3/c1-3-4-5-6-7-16-14-19(26-21-16)10-12-22(13-11-19)18-17(23(24)25)9-8-15(2)20-18/h8-9H,3-5,10-14H2,1-2H3. The summed E-state index contributed by atoms with van der Waals surface area (Å²) in [6.07, 6.45) is 5.36. The van der Waals surface area contributed by atoms with Gasteiger partial charge in [0.2, 0.25) is 5.82 Å². The molecule has 1 spiro atoms. The number of piperidine rings is 1. The molecule has 26 heavy (non-hydrogen) atoms. The fourth-order valence-corrected chi connectivity index (χ4v) is 3.32. The van der Waals surface area contributed by atoms with Crippen LogP contribution < -0.4 is 4.90 Å². The van der Waals surface area contributed by atoms with Gasteiger partial charge in [0.15, 0.2) is 0 Å². The summed E-state index contributed by atoms with van der Waals surface area (Å²) in [5, 5.41) is 15.5. The van der Waals surface area contributed by atoms with E-state index in [-0.39, 0.29) is 16.2 Å². The molecule has 3 rings (SSSR count). The van der Waals surface area contributed by atoms with Crippen molar-refractivity contribution in [2.75, 3.05) is 18.0 Å². The van der Waals surface area contributed by atoms with Crippen LogP contribution in [-0.4, -0.2) is 34.3 Å². The molecule has 0 saturated carbocycles. The second-order valence-corrected chi connectivity index (χ2v) is 6.93. The number of aromatic nitrogens is 1. The number of rotatable bonds is 4. The number of unbranched alkanes of at least 4 members (excludes halogenated alkanes) is 2. The summed E-state index contributed by atoms with van der Waals surface area (Å²) in [5.41, 5.74) is 1.33. The van der Waals surface area contributed by atoms with Gasteiger partial charge in [-0.15, -0.1) is 0 Å². The molecule has 0 unspecified atom stereocenters. The zero-order valence-corrected chi connectivity index (χ0v) is 15.3. The third-order valence-corrected chi connectivity index (χ3v) is 4.89. The third-order valence-electron chi connectivity index (χ3n) is 4.89. The molecule has 1 aromatic heterocycles. The molecule has 2 aliphatic heterocycles. The van der Waals surface area contributed by atoms with E-state index < -0.39 is 0 Å². The summed E-state index contributed by atoms with van der Waals surface area (Å²) in [5.74, 6) is 6.72. The van der Waals surface area contributed by atoms with Crippen LogP contribution in [0.25, 0.3) is 0 Å². The maximum atomic E-state index is 11.3. The Bertz CT molecular complexity index is 771. The first-order valence-corrected chi connectivity index (χ1v) is 9.14. The highest BCUT2D eigenvalue weighted by atomic mass is 16.7. The van der Waals surface area contributed by atoms with Crippen molar-refractivity contribution in [3.05, 3.63) is 27.9 Å². The fraction of sp³-hybridized carbons (Fsp3) is 0.579. The molecule has 3 heterocycles. The van der Waals surface area contributed by atoms with Crippen LogP contribution in [0.1, 0.15) is 51.1 Å². The fourth-order valence-electron chi connectivity index (χ4n) is 3.32. The Morgan fingerprint density at radius 1 is 1.38 bits per heavy atom. The van der Waals surface area contributed by atoms with Crippen LogP contribution in [0.5, 0.6) is 0 Å². The van der Waals surface area contributed by atoms with Crippen molar-refractivity contribution in [2.45, 2.75) is 58.0 Å². The van der Waals surface area contributed by atoms with Crippen LogP contribution in [0.3, 0.4) is 0 Å². The Morgan fingerprint density at radius 3 is 2.85 bits per heavy atom. The van der Waals surface area contributed by atoms with Gasteiger partial charge in [0.1, 0.15) is 11.3 Å². The van der Waals surface area contributed by atoms with Gasteiger partial charge in [-0.25, -0.2) is 4.98 Å². The van der Waals surface area contributed by atoms with Crippen molar-refractivity contribution >= 4 is 17.2 Å². The molecular weight excluding hydrogens is 332 g/mol. The predicted molar refractivity (Wildman–Crippen MR) is 100 cm³/mol. The molecule has 0 bridgehead atoms. The molecule has 0 amide bonds. The number of nitro groups is 1. The Hall–Kier alpha value is -2.62. The van der Waals surface area contributed by atoms with E-state index in [4.69, 9.17) is 4.84 Å². The van der Waals surface area contributed by atoms with Crippen LogP contribution in [0, 0.1) is 28.9 Å². The Balaban J connectivity index is 1.63. The van der Waals surface area contributed by atoms with Crippen LogP contribution in [-0.2, 0) is 4.84 Å². The average molecular weight is 356 g/mol. The smallest absolute Gasteiger partial charge is 0.311 e. The second-order valence-electron chi connectivity index (χ2n) is 6.93. The van der Waals surface area contributed by atoms with Gasteiger partial charge in [-0.2, -0.15) is 0 Å². The lowest BCUT2D eigenvalue weighted by Crippen LogP contribution is -2.45.